The number of carbonyl (C=O) groups is 3. The second-order valence-corrected chi connectivity index (χ2v) is 3.83. The Morgan fingerprint density at radius 1 is 0.810 bits per heavy atom. The maximum atomic E-state index is 11.5. The van der Waals surface area contributed by atoms with Gasteiger partial charge in [-0.2, -0.15) is 0 Å². The summed E-state index contributed by atoms with van der Waals surface area (Å²) in [7, 11) is 0. The molecule has 1 heterocycles. The minimum Gasteiger partial charge on any atom is -0.459 e. The van der Waals surface area contributed by atoms with Crippen LogP contribution in [0.3, 0.4) is 0 Å². The largest absolute Gasteiger partial charge is 0.459 e. The van der Waals surface area contributed by atoms with Gasteiger partial charge < -0.3 is 4.42 Å². The first-order valence-corrected chi connectivity index (χ1v) is 5.92. The molecule has 0 unspecified atom stereocenters. The van der Waals surface area contributed by atoms with E-state index in [1.165, 1.54) is 18.4 Å². The van der Waals surface area contributed by atoms with Crippen molar-refractivity contribution in [2.45, 2.75) is 0 Å². The molecule has 0 aliphatic rings. The van der Waals surface area contributed by atoms with Crippen molar-refractivity contribution in [2.75, 3.05) is 5.43 Å². The number of carbonyl (C=O) groups excluding carboxylic acids is 3. The first-order chi connectivity index (χ1) is 10.2. The molecule has 0 saturated carbocycles. The summed E-state index contributed by atoms with van der Waals surface area (Å²) in [5, 5.41) is 0. The highest BCUT2D eigenvalue weighted by Gasteiger charge is 2.15. The minimum atomic E-state index is -1.03. The molecule has 0 spiro atoms. The average Bonchev–Trinajstić information content (AvgIpc) is 3.05. The number of para-hydroxylation sites is 1. The second-order valence-electron chi connectivity index (χ2n) is 3.83. The van der Waals surface area contributed by atoms with Gasteiger partial charge in [-0.15, -0.1) is 0 Å². The van der Waals surface area contributed by atoms with Gasteiger partial charge in [0.25, 0.3) is 0 Å². The number of rotatable bonds is 3. The van der Waals surface area contributed by atoms with Crippen molar-refractivity contribution in [1.82, 2.24) is 16.3 Å². The van der Waals surface area contributed by atoms with Crippen LogP contribution < -0.4 is 21.7 Å². The summed E-state index contributed by atoms with van der Waals surface area (Å²) in [6, 6.07) is 11.7. The number of furan rings is 1. The Hall–Kier alpha value is -3.29. The van der Waals surface area contributed by atoms with Crippen LogP contribution in [0, 0.1) is 0 Å². The van der Waals surface area contributed by atoms with E-state index in [1.807, 2.05) is 16.9 Å². The van der Waals surface area contributed by atoms with E-state index in [9.17, 15) is 14.4 Å². The van der Waals surface area contributed by atoms with Crippen molar-refractivity contribution in [1.29, 1.82) is 0 Å². The lowest BCUT2D eigenvalue weighted by Crippen LogP contribution is -2.49. The van der Waals surface area contributed by atoms with Crippen LogP contribution in [0.15, 0.2) is 53.1 Å². The van der Waals surface area contributed by atoms with Gasteiger partial charge >= 0.3 is 17.7 Å². The fourth-order valence-corrected chi connectivity index (χ4v) is 1.35. The van der Waals surface area contributed by atoms with E-state index in [0.717, 1.165) is 0 Å². The molecule has 0 atom stereocenters. The highest BCUT2D eigenvalue weighted by Crippen LogP contribution is 2.02. The lowest BCUT2D eigenvalue weighted by atomic mass is 10.3. The number of benzene rings is 1. The monoisotopic (exact) mass is 288 g/mol. The Kier molecular flexibility index (Phi) is 4.54. The summed E-state index contributed by atoms with van der Waals surface area (Å²) >= 11 is 0. The van der Waals surface area contributed by atoms with Crippen LogP contribution in [0.4, 0.5) is 5.69 Å². The molecule has 108 valence electrons. The van der Waals surface area contributed by atoms with E-state index in [-0.39, 0.29) is 5.76 Å². The summed E-state index contributed by atoms with van der Waals surface area (Å²) in [6.45, 7) is 0. The quantitative estimate of drug-likeness (QED) is 0.475. The van der Waals surface area contributed by atoms with E-state index >= 15 is 0 Å². The molecule has 0 bridgehead atoms. The van der Waals surface area contributed by atoms with Crippen molar-refractivity contribution in [2.24, 2.45) is 0 Å². The van der Waals surface area contributed by atoms with Crippen molar-refractivity contribution in [3.05, 3.63) is 54.5 Å². The maximum Gasteiger partial charge on any atom is 0.329 e. The molecule has 0 aliphatic heterocycles. The molecule has 8 nitrogen and oxygen atoms in total. The fraction of sp³-hybridized carbons (Fsp3) is 0. The van der Waals surface area contributed by atoms with E-state index in [2.05, 4.69) is 10.9 Å². The first kappa shape index (κ1) is 14.1. The second kappa shape index (κ2) is 6.75. The van der Waals surface area contributed by atoms with Gasteiger partial charge in [0.1, 0.15) is 0 Å². The minimum absolute atomic E-state index is 0.0121. The Balaban J connectivity index is 1.75. The van der Waals surface area contributed by atoms with Crippen LogP contribution in [0.2, 0.25) is 0 Å². The topological polar surface area (TPSA) is 112 Å². The number of hydrogen-bond acceptors (Lipinski definition) is 5. The zero-order chi connectivity index (χ0) is 15.1. The molecule has 0 fully saturated rings. The standard InChI is InChI=1S/C13H12N4O4/c18-11(10-7-4-8-21-10)15-17-13(20)12(19)16-14-9-5-2-1-3-6-9/h1-8,14H,(H,15,18)(H,16,19)(H,17,20). The molecular formula is C13H12N4O4. The van der Waals surface area contributed by atoms with Gasteiger partial charge in [0, 0.05) is 0 Å². The summed E-state index contributed by atoms with van der Waals surface area (Å²) < 4.78 is 4.82. The summed E-state index contributed by atoms with van der Waals surface area (Å²) in [5.74, 6) is -2.65. The van der Waals surface area contributed by atoms with Gasteiger partial charge in [-0.3, -0.25) is 36.1 Å². The third-order valence-corrected chi connectivity index (χ3v) is 2.33. The van der Waals surface area contributed by atoms with Crippen molar-refractivity contribution < 1.29 is 18.8 Å². The molecule has 8 heteroatoms. The van der Waals surface area contributed by atoms with Crippen molar-refractivity contribution >= 4 is 23.4 Å². The Labute approximate surface area is 119 Å². The number of hydrogen-bond donors (Lipinski definition) is 4. The van der Waals surface area contributed by atoms with E-state index in [1.54, 1.807) is 24.3 Å². The predicted molar refractivity (Wildman–Crippen MR) is 72.5 cm³/mol. The lowest BCUT2D eigenvalue weighted by molar-refractivity contribution is -0.139. The van der Waals surface area contributed by atoms with Gasteiger partial charge in [-0.25, -0.2) is 0 Å². The highest BCUT2D eigenvalue weighted by molar-refractivity contribution is 6.35. The third kappa shape index (κ3) is 4.10. The van der Waals surface area contributed by atoms with Crippen LogP contribution in [-0.2, 0) is 9.59 Å². The molecule has 3 amide bonds. The number of anilines is 1. The Morgan fingerprint density at radius 2 is 1.52 bits per heavy atom. The zero-order valence-corrected chi connectivity index (χ0v) is 10.8. The molecule has 4 N–H and O–H groups in total. The highest BCUT2D eigenvalue weighted by atomic mass is 16.3. The lowest BCUT2D eigenvalue weighted by Gasteiger charge is -2.08. The van der Waals surface area contributed by atoms with Crippen molar-refractivity contribution in [3.63, 3.8) is 0 Å². The van der Waals surface area contributed by atoms with Crippen LogP contribution >= 0.6 is 0 Å². The van der Waals surface area contributed by atoms with Gasteiger partial charge in [0.15, 0.2) is 5.76 Å². The maximum absolute atomic E-state index is 11.5. The average molecular weight is 288 g/mol. The molecule has 1 aromatic heterocycles. The van der Waals surface area contributed by atoms with Gasteiger partial charge in [0.05, 0.1) is 12.0 Å². The van der Waals surface area contributed by atoms with Crippen LogP contribution in [0.5, 0.6) is 0 Å². The number of amides is 3. The van der Waals surface area contributed by atoms with Crippen LogP contribution in [-0.4, -0.2) is 17.7 Å². The molecule has 0 aliphatic carbocycles. The number of hydrazine groups is 2. The summed E-state index contributed by atoms with van der Waals surface area (Å²) in [4.78, 5) is 34.3. The molecule has 0 saturated heterocycles. The molecule has 0 radical (unpaired) electrons. The molecule has 2 rings (SSSR count). The molecular weight excluding hydrogens is 276 g/mol. The van der Waals surface area contributed by atoms with Crippen molar-refractivity contribution in [3.8, 4) is 0 Å². The SMILES string of the molecule is O=C(NNC(=O)c1ccco1)C(=O)NNc1ccccc1. The third-order valence-electron chi connectivity index (χ3n) is 2.33. The van der Waals surface area contributed by atoms with Gasteiger partial charge in [-0.05, 0) is 24.3 Å². The van der Waals surface area contributed by atoms with E-state index in [4.69, 9.17) is 4.42 Å². The van der Waals surface area contributed by atoms with E-state index < -0.39 is 17.7 Å². The fourth-order valence-electron chi connectivity index (χ4n) is 1.35. The smallest absolute Gasteiger partial charge is 0.329 e. The summed E-state index contributed by atoms with van der Waals surface area (Å²) in [5.41, 5.74) is 9.34. The zero-order valence-electron chi connectivity index (χ0n) is 10.8. The van der Waals surface area contributed by atoms with Gasteiger partial charge in [0.2, 0.25) is 0 Å². The predicted octanol–water partition coefficient (Wildman–Crippen LogP) is 0.184. The van der Waals surface area contributed by atoms with E-state index in [0.29, 0.717) is 5.69 Å². The Bertz CT molecular complexity index is 625. The van der Waals surface area contributed by atoms with Gasteiger partial charge in [-0.1, -0.05) is 18.2 Å². The molecule has 21 heavy (non-hydrogen) atoms. The number of nitrogens with one attached hydrogen (secondary N) is 4. The van der Waals surface area contributed by atoms with Crippen LogP contribution in [0.1, 0.15) is 10.6 Å². The Morgan fingerprint density at radius 3 is 2.19 bits per heavy atom. The first-order valence-electron chi connectivity index (χ1n) is 5.92. The van der Waals surface area contributed by atoms with Crippen LogP contribution in [0.25, 0.3) is 0 Å². The summed E-state index contributed by atoms with van der Waals surface area (Å²) in [6.07, 6.45) is 1.31. The normalized spacial score (nSPS) is 9.52. The molecule has 2 aromatic rings. The molecule has 1 aromatic carbocycles.